The Morgan fingerprint density at radius 1 is 1.02 bits per heavy atom. The first-order valence-corrected chi connectivity index (χ1v) is 17.1. The quantitative estimate of drug-likeness (QED) is 0.252. The third-order valence-corrected chi connectivity index (χ3v) is 10.4. The van der Waals surface area contributed by atoms with Gasteiger partial charge in [0.2, 0.25) is 11.8 Å². The summed E-state index contributed by atoms with van der Waals surface area (Å²) in [4.78, 5) is 39.0. The number of amides is 2. The molecule has 2 amide bonds. The molecule has 0 unspecified atom stereocenters. The zero-order valence-electron chi connectivity index (χ0n) is 28.1. The number of hydrogen-bond acceptors (Lipinski definition) is 7. The molecule has 3 aromatic rings. The number of carbonyl (C=O) groups excluding carboxylic acids is 2. The molecule has 6 rings (SSSR count). The number of benzene rings is 2. The smallest absolute Gasteiger partial charge is 0.237 e. The van der Waals surface area contributed by atoms with Gasteiger partial charge in [-0.25, -0.2) is 4.98 Å². The SMILES string of the molecule is CC[C@@H](C)Oc1cc2c(cc1OC)CC(=O)N(c1ccc(N(C)CC3CCC(N4CC(=O)N(C)C4)CC3)nc1)[C@H]2c1ccc(Cl)cc1. The van der Waals surface area contributed by atoms with Crippen molar-refractivity contribution in [2.75, 3.05) is 50.8 Å². The zero-order valence-corrected chi connectivity index (χ0v) is 28.9. The molecular weight excluding hydrogens is 614 g/mol. The lowest BCUT2D eigenvalue weighted by atomic mass is 9.85. The molecule has 9 nitrogen and oxygen atoms in total. The van der Waals surface area contributed by atoms with E-state index in [0.29, 0.717) is 35.0 Å². The maximum absolute atomic E-state index is 13.9. The van der Waals surface area contributed by atoms with Gasteiger partial charge in [-0.3, -0.25) is 19.4 Å². The molecule has 0 N–H and O–H groups in total. The third kappa shape index (κ3) is 7.06. The highest BCUT2D eigenvalue weighted by molar-refractivity contribution is 6.30. The summed E-state index contributed by atoms with van der Waals surface area (Å²) in [6, 6.07) is 15.8. The van der Waals surface area contributed by atoms with Gasteiger partial charge in [-0.15, -0.1) is 0 Å². The summed E-state index contributed by atoms with van der Waals surface area (Å²) in [5, 5.41) is 0.638. The van der Waals surface area contributed by atoms with Crippen LogP contribution in [-0.4, -0.2) is 79.7 Å². The Hall–Kier alpha value is -3.82. The lowest BCUT2D eigenvalue weighted by molar-refractivity contribution is -0.125. The van der Waals surface area contributed by atoms with Gasteiger partial charge in [-0.1, -0.05) is 30.7 Å². The number of carbonyl (C=O) groups is 2. The first-order chi connectivity index (χ1) is 22.6. The predicted octanol–water partition coefficient (Wildman–Crippen LogP) is 6.33. The van der Waals surface area contributed by atoms with Gasteiger partial charge in [0, 0.05) is 31.7 Å². The molecule has 2 fully saturated rings. The van der Waals surface area contributed by atoms with Crippen LogP contribution in [0.25, 0.3) is 0 Å². The summed E-state index contributed by atoms with van der Waals surface area (Å²) < 4.78 is 12.0. The van der Waals surface area contributed by atoms with E-state index >= 15 is 0 Å². The normalized spacial score (nSPS) is 22.3. The monoisotopic (exact) mass is 659 g/mol. The minimum absolute atomic E-state index is 0.0128. The van der Waals surface area contributed by atoms with Gasteiger partial charge < -0.3 is 19.3 Å². The summed E-state index contributed by atoms with van der Waals surface area (Å²) >= 11 is 6.29. The number of aromatic nitrogens is 1. The van der Waals surface area contributed by atoms with Crippen molar-refractivity contribution in [2.45, 2.75) is 70.6 Å². The number of rotatable bonds is 10. The number of fused-ring (bicyclic) bond motifs is 1. The number of ether oxygens (including phenoxy) is 2. The molecule has 250 valence electrons. The fourth-order valence-electron chi connectivity index (χ4n) is 7.24. The summed E-state index contributed by atoms with van der Waals surface area (Å²) in [7, 11) is 5.61. The number of anilines is 2. The van der Waals surface area contributed by atoms with Gasteiger partial charge in [0.15, 0.2) is 11.5 Å². The average Bonchev–Trinajstić information content (AvgIpc) is 3.42. The second kappa shape index (κ2) is 14.1. The van der Waals surface area contributed by atoms with Crippen molar-refractivity contribution < 1.29 is 19.1 Å². The summed E-state index contributed by atoms with van der Waals surface area (Å²) in [6.45, 7) is 6.34. The molecular formula is C37H46ClN5O4. The molecule has 2 aromatic carbocycles. The van der Waals surface area contributed by atoms with E-state index in [4.69, 9.17) is 26.1 Å². The number of likely N-dealkylation sites (N-methyl/N-ethyl adjacent to an activating group) is 1. The molecule has 3 aliphatic rings. The van der Waals surface area contributed by atoms with Gasteiger partial charge in [0.1, 0.15) is 5.82 Å². The van der Waals surface area contributed by atoms with E-state index in [0.717, 1.165) is 73.5 Å². The summed E-state index contributed by atoms with van der Waals surface area (Å²) in [5.74, 6) is 2.95. The number of nitrogens with zero attached hydrogens (tertiary/aromatic N) is 5. The summed E-state index contributed by atoms with van der Waals surface area (Å²) in [6.07, 6.45) is 7.44. The van der Waals surface area contributed by atoms with Crippen LogP contribution in [0.1, 0.15) is 68.7 Å². The lowest BCUT2D eigenvalue weighted by Gasteiger charge is -2.38. The molecule has 2 atom stereocenters. The Bertz CT molecular complexity index is 1570. The van der Waals surface area contributed by atoms with Gasteiger partial charge in [0.05, 0.1) is 50.8 Å². The average molecular weight is 660 g/mol. The highest BCUT2D eigenvalue weighted by Gasteiger charge is 2.37. The molecule has 10 heteroatoms. The Labute approximate surface area is 283 Å². The number of methoxy groups -OCH3 is 1. The van der Waals surface area contributed by atoms with E-state index in [1.165, 1.54) is 0 Å². The molecule has 1 aromatic heterocycles. The number of hydrogen-bond donors (Lipinski definition) is 0. The van der Waals surface area contributed by atoms with Crippen molar-refractivity contribution in [2.24, 2.45) is 5.92 Å². The third-order valence-electron chi connectivity index (χ3n) is 10.1. The van der Waals surface area contributed by atoms with Crippen LogP contribution in [0, 0.1) is 5.92 Å². The highest BCUT2D eigenvalue weighted by Crippen LogP contribution is 2.44. The zero-order chi connectivity index (χ0) is 33.2. The lowest BCUT2D eigenvalue weighted by Crippen LogP contribution is -2.41. The standard InChI is InChI=1S/C37H46ClN5O4/c1-6-24(2)47-33-19-31-27(17-32(33)46-5)18-35(44)43(37(31)26-9-11-28(38)12-10-26)30-15-16-34(39-20-30)40(3)21-25-7-13-29(14-8-25)42-22-36(45)41(4)23-42/h9-12,15-17,19-20,24-25,29,37H,6-8,13-14,18,21-23H2,1-5H3/t24-,25?,29?,37+/m1/s1. The predicted molar refractivity (Wildman–Crippen MR) is 185 cm³/mol. The van der Waals surface area contributed by atoms with Crippen LogP contribution in [0.3, 0.4) is 0 Å². The summed E-state index contributed by atoms with van der Waals surface area (Å²) in [5.41, 5.74) is 3.60. The first-order valence-electron chi connectivity index (χ1n) is 16.7. The van der Waals surface area contributed by atoms with Crippen molar-refractivity contribution in [1.29, 1.82) is 0 Å². The van der Waals surface area contributed by atoms with Crippen molar-refractivity contribution in [3.63, 3.8) is 0 Å². The van der Waals surface area contributed by atoms with Crippen LogP contribution in [0.2, 0.25) is 5.02 Å². The van der Waals surface area contributed by atoms with E-state index in [1.54, 1.807) is 7.11 Å². The van der Waals surface area contributed by atoms with E-state index < -0.39 is 0 Å². The fraction of sp³-hybridized carbons (Fsp3) is 0.486. The number of halogens is 1. The Balaban J connectivity index is 1.21. The molecule has 1 aliphatic carbocycles. The maximum atomic E-state index is 13.9. The Kier molecular flexibility index (Phi) is 9.94. The van der Waals surface area contributed by atoms with E-state index in [9.17, 15) is 9.59 Å². The largest absolute Gasteiger partial charge is 0.493 e. The second-order valence-corrected chi connectivity index (χ2v) is 13.8. The molecule has 1 saturated heterocycles. The van der Waals surface area contributed by atoms with Crippen molar-refractivity contribution in [3.05, 3.63) is 76.4 Å². The van der Waals surface area contributed by atoms with Crippen LogP contribution in [0.15, 0.2) is 54.7 Å². The fourth-order valence-corrected chi connectivity index (χ4v) is 7.36. The van der Waals surface area contributed by atoms with Crippen LogP contribution < -0.4 is 19.3 Å². The second-order valence-electron chi connectivity index (χ2n) is 13.3. The molecule has 0 bridgehead atoms. The van der Waals surface area contributed by atoms with Gasteiger partial charge in [-0.05, 0) is 98.0 Å². The van der Waals surface area contributed by atoms with E-state index in [2.05, 4.69) is 23.8 Å². The van der Waals surface area contributed by atoms with Crippen LogP contribution in [-0.2, 0) is 16.0 Å². The van der Waals surface area contributed by atoms with Crippen LogP contribution >= 0.6 is 11.6 Å². The number of pyridine rings is 1. The van der Waals surface area contributed by atoms with Crippen LogP contribution in [0.5, 0.6) is 11.5 Å². The van der Waals surface area contributed by atoms with Crippen molar-refractivity contribution in [3.8, 4) is 11.5 Å². The minimum atomic E-state index is -0.389. The molecule has 2 aliphatic heterocycles. The molecule has 0 spiro atoms. The topological polar surface area (TPSA) is 78.5 Å². The molecule has 1 saturated carbocycles. The molecule has 47 heavy (non-hydrogen) atoms. The van der Waals surface area contributed by atoms with E-state index in [-0.39, 0.29) is 30.4 Å². The van der Waals surface area contributed by atoms with Crippen molar-refractivity contribution in [1.82, 2.24) is 14.8 Å². The van der Waals surface area contributed by atoms with Gasteiger partial charge >= 0.3 is 0 Å². The Morgan fingerprint density at radius 2 is 1.77 bits per heavy atom. The van der Waals surface area contributed by atoms with Crippen LogP contribution in [0.4, 0.5) is 11.5 Å². The van der Waals surface area contributed by atoms with Gasteiger partial charge in [-0.2, -0.15) is 0 Å². The van der Waals surface area contributed by atoms with Crippen molar-refractivity contribution >= 4 is 34.9 Å². The van der Waals surface area contributed by atoms with E-state index in [1.807, 2.05) is 78.5 Å². The Morgan fingerprint density at radius 3 is 2.38 bits per heavy atom. The molecule has 3 heterocycles. The highest BCUT2D eigenvalue weighted by atomic mass is 35.5. The molecule has 0 radical (unpaired) electrons. The minimum Gasteiger partial charge on any atom is -0.493 e. The first kappa shape index (κ1) is 33.1. The maximum Gasteiger partial charge on any atom is 0.237 e. The van der Waals surface area contributed by atoms with Gasteiger partial charge in [0.25, 0.3) is 0 Å².